The molecule has 0 radical (unpaired) electrons. The summed E-state index contributed by atoms with van der Waals surface area (Å²) in [5.74, 6) is 0.880. The molecule has 0 atom stereocenters. The molecule has 2 aromatic rings. The van der Waals surface area contributed by atoms with Crippen molar-refractivity contribution in [1.29, 1.82) is 0 Å². The summed E-state index contributed by atoms with van der Waals surface area (Å²) in [6, 6.07) is 16.1. The Morgan fingerprint density at radius 3 is 2.38 bits per heavy atom. The van der Waals surface area contributed by atoms with Crippen molar-refractivity contribution in [2.75, 3.05) is 37.0 Å². The maximum Gasteiger partial charge on any atom is 0.225 e. The minimum Gasteiger partial charge on any atom is -0.497 e. The molecule has 1 aliphatic rings. The van der Waals surface area contributed by atoms with Gasteiger partial charge in [-0.2, -0.15) is 0 Å². The fraction of sp³-hybridized carbons (Fsp3) is 0.381. The molecule has 5 nitrogen and oxygen atoms in total. The van der Waals surface area contributed by atoms with Crippen LogP contribution in [0.4, 0.5) is 11.4 Å². The molecular weight excluding hydrogens is 326 g/mol. The molecule has 2 aromatic carbocycles. The Labute approximate surface area is 155 Å². The van der Waals surface area contributed by atoms with Gasteiger partial charge in [0, 0.05) is 44.0 Å². The number of benzene rings is 2. The Balaban J connectivity index is 1.36. The molecule has 2 N–H and O–H groups in total. The molecule has 1 aliphatic heterocycles. The lowest BCUT2D eigenvalue weighted by molar-refractivity contribution is -0.116. The summed E-state index contributed by atoms with van der Waals surface area (Å²) in [5.41, 5.74) is 3.26. The number of nitrogens with one attached hydrogen (secondary N) is 2. The van der Waals surface area contributed by atoms with E-state index in [0.29, 0.717) is 13.0 Å². The van der Waals surface area contributed by atoms with Crippen LogP contribution in [-0.2, 0) is 11.3 Å². The highest BCUT2D eigenvalue weighted by molar-refractivity contribution is 5.91. The van der Waals surface area contributed by atoms with Gasteiger partial charge in [0.15, 0.2) is 0 Å². The van der Waals surface area contributed by atoms with Crippen LogP contribution in [-0.4, -0.2) is 32.7 Å². The third kappa shape index (κ3) is 5.23. The Hall–Kier alpha value is -2.53. The molecule has 1 heterocycles. The van der Waals surface area contributed by atoms with Gasteiger partial charge in [0.05, 0.1) is 7.11 Å². The number of rotatable bonds is 8. The van der Waals surface area contributed by atoms with Gasteiger partial charge in [-0.1, -0.05) is 12.1 Å². The molecular formula is C21H27N3O2. The van der Waals surface area contributed by atoms with E-state index in [9.17, 15) is 4.79 Å². The molecule has 5 heteroatoms. The van der Waals surface area contributed by atoms with E-state index < -0.39 is 0 Å². The summed E-state index contributed by atoms with van der Waals surface area (Å²) in [7, 11) is 1.66. The van der Waals surface area contributed by atoms with Crippen molar-refractivity contribution < 1.29 is 9.53 Å². The van der Waals surface area contributed by atoms with E-state index in [0.717, 1.165) is 31.1 Å². The Morgan fingerprint density at radius 2 is 1.73 bits per heavy atom. The van der Waals surface area contributed by atoms with Gasteiger partial charge in [0.25, 0.3) is 0 Å². The molecule has 0 aliphatic carbocycles. The smallest absolute Gasteiger partial charge is 0.225 e. The maximum atomic E-state index is 12.1. The van der Waals surface area contributed by atoms with Gasteiger partial charge < -0.3 is 20.3 Å². The van der Waals surface area contributed by atoms with Gasteiger partial charge in [0.1, 0.15) is 5.75 Å². The normalized spacial score (nSPS) is 13.7. The molecule has 138 valence electrons. The highest BCUT2D eigenvalue weighted by atomic mass is 16.5. The van der Waals surface area contributed by atoms with Crippen LogP contribution in [0, 0.1) is 0 Å². The standard InChI is InChI=1S/C21H27N3O2/c1-26-20-10-4-17(5-11-20)16-22-13-12-21(25)23-18-6-8-19(9-7-18)24-14-2-3-15-24/h4-11,22H,2-3,12-16H2,1H3,(H,23,25). The minimum absolute atomic E-state index is 0.0288. The van der Waals surface area contributed by atoms with Crippen molar-refractivity contribution in [1.82, 2.24) is 5.32 Å². The summed E-state index contributed by atoms with van der Waals surface area (Å²) in [4.78, 5) is 14.5. The van der Waals surface area contributed by atoms with E-state index in [1.54, 1.807) is 7.11 Å². The summed E-state index contributed by atoms with van der Waals surface area (Å²) in [6.45, 7) is 3.64. The summed E-state index contributed by atoms with van der Waals surface area (Å²) in [6.07, 6.45) is 2.98. The monoisotopic (exact) mass is 353 g/mol. The molecule has 0 spiro atoms. The molecule has 1 fully saturated rings. The number of carbonyl (C=O) groups is 1. The zero-order valence-electron chi connectivity index (χ0n) is 15.3. The van der Waals surface area contributed by atoms with E-state index in [2.05, 4.69) is 27.7 Å². The van der Waals surface area contributed by atoms with Crippen molar-refractivity contribution in [2.24, 2.45) is 0 Å². The number of methoxy groups -OCH3 is 1. The number of carbonyl (C=O) groups excluding carboxylic acids is 1. The van der Waals surface area contributed by atoms with Crippen LogP contribution in [0.5, 0.6) is 5.75 Å². The Bertz CT molecular complexity index is 692. The van der Waals surface area contributed by atoms with Crippen LogP contribution >= 0.6 is 0 Å². The highest BCUT2D eigenvalue weighted by Crippen LogP contribution is 2.22. The lowest BCUT2D eigenvalue weighted by Crippen LogP contribution is -2.21. The molecule has 1 saturated heterocycles. The number of hydrogen-bond donors (Lipinski definition) is 2. The van der Waals surface area contributed by atoms with Crippen LogP contribution in [0.25, 0.3) is 0 Å². The molecule has 0 saturated carbocycles. The van der Waals surface area contributed by atoms with E-state index in [4.69, 9.17) is 4.74 Å². The number of nitrogens with zero attached hydrogens (tertiary/aromatic N) is 1. The number of anilines is 2. The van der Waals surface area contributed by atoms with Crippen molar-refractivity contribution in [2.45, 2.75) is 25.8 Å². The van der Waals surface area contributed by atoms with Crippen LogP contribution in [0.3, 0.4) is 0 Å². The van der Waals surface area contributed by atoms with Crippen LogP contribution < -0.4 is 20.3 Å². The Kier molecular flexibility index (Phi) is 6.50. The van der Waals surface area contributed by atoms with E-state index >= 15 is 0 Å². The first kappa shape index (κ1) is 18.3. The highest BCUT2D eigenvalue weighted by Gasteiger charge is 2.12. The van der Waals surface area contributed by atoms with Crippen molar-refractivity contribution in [3.05, 3.63) is 54.1 Å². The Morgan fingerprint density at radius 1 is 1.04 bits per heavy atom. The van der Waals surface area contributed by atoms with Crippen molar-refractivity contribution in [3.8, 4) is 5.75 Å². The molecule has 1 amide bonds. The van der Waals surface area contributed by atoms with Gasteiger partial charge >= 0.3 is 0 Å². The molecule has 26 heavy (non-hydrogen) atoms. The second kappa shape index (κ2) is 9.25. The third-order valence-electron chi connectivity index (χ3n) is 4.64. The first-order valence-electron chi connectivity index (χ1n) is 9.23. The number of hydrogen-bond acceptors (Lipinski definition) is 4. The van der Waals surface area contributed by atoms with E-state index in [1.165, 1.54) is 24.1 Å². The number of amides is 1. The molecule has 0 aromatic heterocycles. The van der Waals surface area contributed by atoms with Crippen LogP contribution in [0.1, 0.15) is 24.8 Å². The molecule has 0 bridgehead atoms. The van der Waals surface area contributed by atoms with Gasteiger partial charge in [-0.05, 0) is 54.8 Å². The fourth-order valence-corrected chi connectivity index (χ4v) is 3.13. The minimum atomic E-state index is 0.0288. The lowest BCUT2D eigenvalue weighted by Gasteiger charge is -2.17. The van der Waals surface area contributed by atoms with Crippen LogP contribution in [0.15, 0.2) is 48.5 Å². The van der Waals surface area contributed by atoms with Crippen molar-refractivity contribution >= 4 is 17.3 Å². The van der Waals surface area contributed by atoms with Crippen molar-refractivity contribution in [3.63, 3.8) is 0 Å². The summed E-state index contributed by atoms with van der Waals surface area (Å²) >= 11 is 0. The second-order valence-electron chi connectivity index (χ2n) is 6.56. The SMILES string of the molecule is COc1ccc(CNCCC(=O)Nc2ccc(N3CCCC3)cc2)cc1. The predicted octanol–water partition coefficient (Wildman–Crippen LogP) is 3.41. The first-order chi connectivity index (χ1) is 12.7. The summed E-state index contributed by atoms with van der Waals surface area (Å²) in [5, 5.41) is 6.25. The average Bonchev–Trinajstić information content (AvgIpc) is 3.21. The van der Waals surface area contributed by atoms with Gasteiger partial charge in [-0.3, -0.25) is 4.79 Å². The van der Waals surface area contributed by atoms with Gasteiger partial charge in [-0.25, -0.2) is 0 Å². The van der Waals surface area contributed by atoms with E-state index in [1.807, 2.05) is 36.4 Å². The fourth-order valence-electron chi connectivity index (χ4n) is 3.13. The molecule has 3 rings (SSSR count). The number of ether oxygens (including phenoxy) is 1. The quantitative estimate of drug-likeness (QED) is 0.714. The second-order valence-corrected chi connectivity index (χ2v) is 6.56. The molecule has 0 unspecified atom stereocenters. The lowest BCUT2D eigenvalue weighted by atomic mass is 10.2. The van der Waals surface area contributed by atoms with Gasteiger partial charge in [-0.15, -0.1) is 0 Å². The maximum absolute atomic E-state index is 12.1. The largest absolute Gasteiger partial charge is 0.497 e. The summed E-state index contributed by atoms with van der Waals surface area (Å²) < 4.78 is 5.14. The van der Waals surface area contributed by atoms with E-state index in [-0.39, 0.29) is 5.91 Å². The predicted molar refractivity (Wildman–Crippen MR) is 106 cm³/mol. The first-order valence-corrected chi connectivity index (χ1v) is 9.23. The van der Waals surface area contributed by atoms with Crippen LogP contribution in [0.2, 0.25) is 0 Å². The topological polar surface area (TPSA) is 53.6 Å². The average molecular weight is 353 g/mol. The zero-order chi connectivity index (χ0) is 18.2. The zero-order valence-corrected chi connectivity index (χ0v) is 15.3. The third-order valence-corrected chi connectivity index (χ3v) is 4.64. The van der Waals surface area contributed by atoms with Gasteiger partial charge in [0.2, 0.25) is 5.91 Å².